The summed E-state index contributed by atoms with van der Waals surface area (Å²) in [6.07, 6.45) is 0.626. The van der Waals surface area contributed by atoms with Gasteiger partial charge in [0.05, 0.1) is 23.8 Å². The van der Waals surface area contributed by atoms with E-state index in [2.05, 4.69) is 4.72 Å². The molecule has 0 aliphatic rings. The zero-order valence-electron chi connectivity index (χ0n) is 11.6. The molecule has 0 fully saturated rings. The molecule has 7 heteroatoms. The molecule has 2 aromatic rings. The van der Waals surface area contributed by atoms with Crippen LogP contribution in [0.3, 0.4) is 0 Å². The number of methoxy groups -OCH3 is 1. The van der Waals surface area contributed by atoms with Crippen molar-refractivity contribution in [2.45, 2.75) is 17.9 Å². The van der Waals surface area contributed by atoms with Gasteiger partial charge in [-0.15, -0.1) is 11.3 Å². The summed E-state index contributed by atoms with van der Waals surface area (Å²) in [6, 6.07) is 8.70. The van der Waals surface area contributed by atoms with E-state index in [1.54, 1.807) is 19.2 Å². The Hall–Kier alpha value is -1.41. The maximum atomic E-state index is 12.3. The van der Waals surface area contributed by atoms with E-state index in [4.69, 9.17) is 9.84 Å². The molecule has 0 saturated heterocycles. The lowest BCUT2D eigenvalue weighted by molar-refractivity contribution is 0.202. The summed E-state index contributed by atoms with van der Waals surface area (Å²) in [4.78, 5) is 0.779. The van der Waals surface area contributed by atoms with E-state index in [1.807, 2.05) is 12.1 Å². The van der Waals surface area contributed by atoms with E-state index < -0.39 is 10.0 Å². The van der Waals surface area contributed by atoms with Gasteiger partial charge in [0, 0.05) is 17.4 Å². The molecular weight excluding hydrogens is 310 g/mol. The van der Waals surface area contributed by atoms with E-state index >= 15 is 0 Å². The normalized spacial score (nSPS) is 11.5. The van der Waals surface area contributed by atoms with Crippen LogP contribution in [0.25, 0.3) is 0 Å². The van der Waals surface area contributed by atoms with E-state index in [-0.39, 0.29) is 11.5 Å². The molecular formula is C14H17NO4S2. The first-order valence-electron chi connectivity index (χ1n) is 6.35. The van der Waals surface area contributed by atoms with Crippen LogP contribution in [0, 0.1) is 0 Å². The van der Waals surface area contributed by atoms with Gasteiger partial charge in [-0.2, -0.15) is 0 Å². The van der Waals surface area contributed by atoms with Crippen molar-refractivity contribution < 1.29 is 18.3 Å². The van der Waals surface area contributed by atoms with Crippen molar-refractivity contribution >= 4 is 27.0 Å². The Morgan fingerprint density at radius 3 is 2.76 bits per heavy atom. The third kappa shape index (κ3) is 4.04. The van der Waals surface area contributed by atoms with Gasteiger partial charge in [0.25, 0.3) is 10.0 Å². The first kappa shape index (κ1) is 16.0. The molecule has 0 aliphatic heterocycles. The minimum absolute atomic E-state index is 0.162. The average molecular weight is 327 g/mol. The van der Waals surface area contributed by atoms with Crippen molar-refractivity contribution in [2.24, 2.45) is 0 Å². The van der Waals surface area contributed by atoms with Gasteiger partial charge < -0.3 is 9.84 Å². The Kier molecular flexibility index (Phi) is 5.35. The maximum Gasteiger partial charge on any atom is 0.262 e. The molecule has 2 N–H and O–H groups in total. The standard InChI is InChI=1S/C14H17NO4S2/c1-19-7-6-11-4-2-3-5-14(11)15-21(17,18)13-8-12(9-16)20-10-13/h2-5,8,10,15-16H,6-7,9H2,1H3. The molecule has 0 bridgehead atoms. The number of thiophene rings is 1. The van der Waals surface area contributed by atoms with Crippen molar-refractivity contribution in [3.63, 3.8) is 0 Å². The Bertz CT molecular complexity index is 695. The Morgan fingerprint density at radius 1 is 1.33 bits per heavy atom. The van der Waals surface area contributed by atoms with Gasteiger partial charge in [-0.25, -0.2) is 8.42 Å². The molecule has 0 aliphatic carbocycles. The van der Waals surface area contributed by atoms with E-state index in [9.17, 15) is 8.42 Å². The Labute approximate surface area is 128 Å². The topological polar surface area (TPSA) is 75.6 Å². The largest absolute Gasteiger partial charge is 0.391 e. The third-order valence-electron chi connectivity index (χ3n) is 2.93. The molecule has 0 saturated carbocycles. The summed E-state index contributed by atoms with van der Waals surface area (Å²) in [5, 5.41) is 10.5. The second-order valence-electron chi connectivity index (χ2n) is 4.41. The molecule has 0 unspecified atom stereocenters. The van der Waals surface area contributed by atoms with Crippen LogP contribution in [0.2, 0.25) is 0 Å². The summed E-state index contributed by atoms with van der Waals surface area (Å²) in [5.74, 6) is 0. The monoisotopic (exact) mass is 327 g/mol. The summed E-state index contributed by atoms with van der Waals surface area (Å²) in [5.41, 5.74) is 1.42. The summed E-state index contributed by atoms with van der Waals surface area (Å²) in [7, 11) is -2.04. The summed E-state index contributed by atoms with van der Waals surface area (Å²) in [6.45, 7) is 0.358. The Balaban J connectivity index is 2.24. The molecule has 1 aromatic carbocycles. The second-order valence-corrected chi connectivity index (χ2v) is 7.09. The van der Waals surface area contributed by atoms with Crippen LogP contribution in [0.15, 0.2) is 40.6 Å². The zero-order chi connectivity index (χ0) is 15.3. The highest BCUT2D eigenvalue weighted by Gasteiger charge is 2.17. The molecule has 0 atom stereocenters. The molecule has 0 spiro atoms. The summed E-state index contributed by atoms with van der Waals surface area (Å²) < 4.78 is 32.3. The molecule has 1 aromatic heterocycles. The van der Waals surface area contributed by atoms with Crippen molar-refractivity contribution in [3.8, 4) is 0 Å². The average Bonchev–Trinajstić information content (AvgIpc) is 2.96. The predicted molar refractivity (Wildman–Crippen MR) is 83.1 cm³/mol. The fraction of sp³-hybridized carbons (Fsp3) is 0.286. The van der Waals surface area contributed by atoms with Crippen molar-refractivity contribution in [1.29, 1.82) is 0 Å². The van der Waals surface area contributed by atoms with Gasteiger partial charge in [-0.05, 0) is 24.1 Å². The van der Waals surface area contributed by atoms with Crippen molar-refractivity contribution in [3.05, 3.63) is 46.2 Å². The van der Waals surface area contributed by atoms with E-state index in [0.29, 0.717) is 23.6 Å². The fourth-order valence-electron chi connectivity index (χ4n) is 1.84. The zero-order valence-corrected chi connectivity index (χ0v) is 13.2. The van der Waals surface area contributed by atoms with Crippen LogP contribution in [0.4, 0.5) is 5.69 Å². The maximum absolute atomic E-state index is 12.3. The van der Waals surface area contributed by atoms with Crippen molar-refractivity contribution in [2.75, 3.05) is 18.4 Å². The van der Waals surface area contributed by atoms with Gasteiger partial charge in [-0.3, -0.25) is 4.72 Å². The smallest absolute Gasteiger partial charge is 0.262 e. The van der Waals surface area contributed by atoms with Crippen LogP contribution < -0.4 is 4.72 Å². The highest BCUT2D eigenvalue weighted by Crippen LogP contribution is 2.24. The SMILES string of the molecule is COCCc1ccccc1NS(=O)(=O)c1csc(CO)c1. The fourth-order valence-corrected chi connectivity index (χ4v) is 4.07. The lowest BCUT2D eigenvalue weighted by atomic mass is 10.1. The molecule has 1 heterocycles. The number of para-hydroxylation sites is 1. The minimum Gasteiger partial charge on any atom is -0.391 e. The minimum atomic E-state index is -3.64. The number of aliphatic hydroxyl groups excluding tert-OH is 1. The van der Waals surface area contributed by atoms with Crippen LogP contribution in [-0.2, 0) is 27.8 Å². The molecule has 5 nitrogen and oxygen atoms in total. The molecule has 0 radical (unpaired) electrons. The number of hydrogen-bond acceptors (Lipinski definition) is 5. The van der Waals surface area contributed by atoms with E-state index in [0.717, 1.165) is 5.56 Å². The van der Waals surface area contributed by atoms with Crippen LogP contribution in [0.1, 0.15) is 10.4 Å². The van der Waals surface area contributed by atoms with Gasteiger partial charge in [-0.1, -0.05) is 18.2 Å². The number of nitrogens with one attached hydrogen (secondary N) is 1. The van der Waals surface area contributed by atoms with Gasteiger partial charge in [0.15, 0.2) is 0 Å². The predicted octanol–water partition coefficient (Wildman–Crippen LogP) is 2.23. The highest BCUT2D eigenvalue weighted by atomic mass is 32.2. The lowest BCUT2D eigenvalue weighted by Crippen LogP contribution is -2.14. The third-order valence-corrected chi connectivity index (χ3v) is 5.35. The summed E-state index contributed by atoms with van der Waals surface area (Å²) >= 11 is 1.22. The number of ether oxygens (including phenoxy) is 1. The first-order valence-corrected chi connectivity index (χ1v) is 8.71. The van der Waals surface area contributed by atoms with Gasteiger partial charge >= 0.3 is 0 Å². The molecule has 114 valence electrons. The number of sulfonamides is 1. The van der Waals surface area contributed by atoms with E-state index in [1.165, 1.54) is 22.8 Å². The highest BCUT2D eigenvalue weighted by molar-refractivity contribution is 7.92. The molecule has 0 amide bonds. The second kappa shape index (κ2) is 7.04. The quantitative estimate of drug-likeness (QED) is 0.818. The molecule has 2 rings (SSSR count). The molecule has 21 heavy (non-hydrogen) atoms. The van der Waals surface area contributed by atoms with Crippen LogP contribution >= 0.6 is 11.3 Å². The number of anilines is 1. The number of aliphatic hydroxyl groups is 1. The van der Waals surface area contributed by atoms with Gasteiger partial charge in [0.2, 0.25) is 0 Å². The van der Waals surface area contributed by atoms with Gasteiger partial charge in [0.1, 0.15) is 0 Å². The number of hydrogen-bond donors (Lipinski definition) is 2. The van der Waals surface area contributed by atoms with Crippen LogP contribution in [-0.4, -0.2) is 27.2 Å². The lowest BCUT2D eigenvalue weighted by Gasteiger charge is -2.11. The Morgan fingerprint density at radius 2 is 2.10 bits per heavy atom. The van der Waals surface area contributed by atoms with Crippen LogP contribution in [0.5, 0.6) is 0 Å². The first-order chi connectivity index (χ1) is 10.1. The number of rotatable bonds is 7. The number of benzene rings is 1. The van der Waals surface area contributed by atoms with Crippen molar-refractivity contribution in [1.82, 2.24) is 0 Å².